The average molecular weight is 216 g/mol. The van der Waals surface area contributed by atoms with Crippen LogP contribution in [-0.4, -0.2) is 15.1 Å². The van der Waals surface area contributed by atoms with Crippen molar-refractivity contribution in [1.29, 1.82) is 0 Å². The van der Waals surface area contributed by atoms with Crippen molar-refractivity contribution in [3.05, 3.63) is 42.4 Å². The maximum Gasteiger partial charge on any atom is 0.144 e. The predicted octanol–water partition coefficient (Wildman–Crippen LogP) is 1.38. The average Bonchev–Trinajstić information content (AvgIpc) is 2.32. The van der Waals surface area contributed by atoms with Crippen LogP contribution in [-0.2, 0) is 6.54 Å². The molecule has 0 amide bonds. The Labute approximate surface area is 93.0 Å². The van der Waals surface area contributed by atoms with Gasteiger partial charge in [0.15, 0.2) is 0 Å². The summed E-state index contributed by atoms with van der Waals surface area (Å²) in [7, 11) is 0. The zero-order valence-electron chi connectivity index (χ0n) is 8.59. The van der Waals surface area contributed by atoms with Crippen molar-refractivity contribution in [3.63, 3.8) is 0 Å². The van der Waals surface area contributed by atoms with Crippen molar-refractivity contribution >= 4 is 11.5 Å². The van der Waals surface area contributed by atoms with Gasteiger partial charge in [-0.3, -0.25) is 4.98 Å². The van der Waals surface area contributed by atoms with E-state index in [-0.39, 0.29) is 5.75 Å². The van der Waals surface area contributed by atoms with Crippen LogP contribution in [0.5, 0.6) is 5.75 Å². The van der Waals surface area contributed by atoms with Crippen molar-refractivity contribution in [1.82, 2.24) is 9.97 Å². The molecule has 0 unspecified atom stereocenters. The van der Waals surface area contributed by atoms with Crippen LogP contribution in [0, 0.1) is 0 Å². The first-order chi connectivity index (χ1) is 7.75. The zero-order valence-corrected chi connectivity index (χ0v) is 8.59. The Bertz CT molecular complexity index is 473. The fourth-order valence-electron chi connectivity index (χ4n) is 1.32. The molecule has 0 aliphatic heterocycles. The van der Waals surface area contributed by atoms with Gasteiger partial charge < -0.3 is 16.2 Å². The Balaban J connectivity index is 2.08. The van der Waals surface area contributed by atoms with Gasteiger partial charge in [-0.05, 0) is 23.8 Å². The zero-order chi connectivity index (χ0) is 11.4. The molecule has 1 aromatic heterocycles. The van der Waals surface area contributed by atoms with Crippen LogP contribution < -0.4 is 11.1 Å². The summed E-state index contributed by atoms with van der Waals surface area (Å²) < 4.78 is 0. The summed E-state index contributed by atoms with van der Waals surface area (Å²) in [6.07, 6.45) is 4.83. The molecule has 2 rings (SSSR count). The van der Waals surface area contributed by atoms with Gasteiger partial charge in [0.1, 0.15) is 11.6 Å². The number of rotatable bonds is 3. The first-order valence-electron chi connectivity index (χ1n) is 4.83. The van der Waals surface area contributed by atoms with Gasteiger partial charge in [-0.25, -0.2) is 4.98 Å². The summed E-state index contributed by atoms with van der Waals surface area (Å²) in [4.78, 5) is 8.00. The summed E-state index contributed by atoms with van der Waals surface area (Å²) in [6.45, 7) is 0.499. The third kappa shape index (κ3) is 2.38. The van der Waals surface area contributed by atoms with E-state index >= 15 is 0 Å². The van der Waals surface area contributed by atoms with E-state index in [1.165, 1.54) is 0 Å². The van der Waals surface area contributed by atoms with E-state index in [0.29, 0.717) is 18.1 Å². The molecule has 1 aromatic carbocycles. The number of hydrogen-bond donors (Lipinski definition) is 3. The van der Waals surface area contributed by atoms with Crippen LogP contribution >= 0.6 is 0 Å². The normalized spacial score (nSPS) is 10.0. The van der Waals surface area contributed by atoms with E-state index in [0.717, 1.165) is 5.56 Å². The summed E-state index contributed by atoms with van der Waals surface area (Å²) in [6, 6.07) is 4.85. The number of nitrogen functional groups attached to an aromatic ring is 1. The monoisotopic (exact) mass is 216 g/mol. The molecule has 1 heterocycles. The number of aromatic nitrogens is 2. The molecule has 4 N–H and O–H groups in total. The van der Waals surface area contributed by atoms with Crippen LogP contribution in [0.4, 0.5) is 11.5 Å². The van der Waals surface area contributed by atoms with Gasteiger partial charge in [0.05, 0.1) is 6.20 Å². The SMILES string of the molecule is Nc1ccc(O)cc1CNc1cnccn1. The lowest BCUT2D eigenvalue weighted by molar-refractivity contribution is 0.475. The topological polar surface area (TPSA) is 84.1 Å². The molecule has 0 atom stereocenters. The summed E-state index contributed by atoms with van der Waals surface area (Å²) in [5, 5.41) is 12.4. The molecule has 2 aromatic rings. The van der Waals surface area contributed by atoms with Crippen molar-refractivity contribution in [3.8, 4) is 5.75 Å². The second-order valence-corrected chi connectivity index (χ2v) is 3.33. The fraction of sp³-hybridized carbons (Fsp3) is 0.0909. The maximum absolute atomic E-state index is 9.32. The molecular weight excluding hydrogens is 204 g/mol. The van der Waals surface area contributed by atoms with E-state index < -0.39 is 0 Å². The highest BCUT2D eigenvalue weighted by Crippen LogP contribution is 2.19. The molecule has 0 saturated heterocycles. The molecule has 82 valence electrons. The second-order valence-electron chi connectivity index (χ2n) is 3.33. The third-order valence-corrected chi connectivity index (χ3v) is 2.15. The van der Waals surface area contributed by atoms with Gasteiger partial charge in [-0.2, -0.15) is 0 Å². The number of benzene rings is 1. The van der Waals surface area contributed by atoms with Crippen LogP contribution in [0.15, 0.2) is 36.8 Å². The minimum Gasteiger partial charge on any atom is -0.508 e. The number of phenolic OH excluding ortho intramolecular Hbond substituents is 1. The lowest BCUT2D eigenvalue weighted by atomic mass is 10.1. The van der Waals surface area contributed by atoms with E-state index in [2.05, 4.69) is 15.3 Å². The first-order valence-corrected chi connectivity index (χ1v) is 4.83. The Morgan fingerprint density at radius 3 is 2.94 bits per heavy atom. The van der Waals surface area contributed by atoms with Gasteiger partial charge >= 0.3 is 0 Å². The maximum atomic E-state index is 9.32. The molecule has 0 saturated carbocycles. The van der Waals surface area contributed by atoms with E-state index in [9.17, 15) is 5.11 Å². The van der Waals surface area contributed by atoms with Gasteiger partial charge in [-0.15, -0.1) is 0 Å². The lowest BCUT2D eigenvalue weighted by Gasteiger charge is -2.08. The number of hydrogen-bond acceptors (Lipinski definition) is 5. The van der Waals surface area contributed by atoms with Gasteiger partial charge in [0, 0.05) is 24.6 Å². The highest BCUT2D eigenvalue weighted by Gasteiger charge is 2.01. The fourth-order valence-corrected chi connectivity index (χ4v) is 1.32. The molecule has 0 aliphatic carbocycles. The number of nitrogens with zero attached hydrogens (tertiary/aromatic N) is 2. The number of anilines is 2. The second kappa shape index (κ2) is 4.48. The van der Waals surface area contributed by atoms with Crippen LogP contribution in [0.1, 0.15) is 5.56 Å². The van der Waals surface area contributed by atoms with E-state index in [4.69, 9.17) is 5.73 Å². The highest BCUT2D eigenvalue weighted by molar-refractivity contribution is 5.51. The Morgan fingerprint density at radius 2 is 2.19 bits per heavy atom. The Morgan fingerprint density at radius 1 is 1.31 bits per heavy atom. The predicted molar refractivity (Wildman–Crippen MR) is 61.9 cm³/mol. The molecular formula is C11H12N4O. The van der Waals surface area contributed by atoms with E-state index in [1.54, 1.807) is 36.8 Å². The highest BCUT2D eigenvalue weighted by atomic mass is 16.3. The van der Waals surface area contributed by atoms with Gasteiger partial charge in [0.25, 0.3) is 0 Å². The standard InChI is InChI=1S/C11H12N4O/c12-10-2-1-9(16)5-8(10)6-15-11-7-13-3-4-14-11/h1-5,7,16H,6,12H2,(H,14,15). The Hall–Kier alpha value is -2.30. The first kappa shape index (κ1) is 10.2. The number of phenols is 1. The van der Waals surface area contributed by atoms with Crippen LogP contribution in [0.2, 0.25) is 0 Å². The smallest absolute Gasteiger partial charge is 0.144 e. The van der Waals surface area contributed by atoms with Crippen molar-refractivity contribution in [2.24, 2.45) is 0 Å². The third-order valence-electron chi connectivity index (χ3n) is 2.15. The quantitative estimate of drug-likeness (QED) is 0.533. The summed E-state index contributed by atoms with van der Waals surface area (Å²) >= 11 is 0. The molecule has 0 bridgehead atoms. The lowest BCUT2D eigenvalue weighted by Crippen LogP contribution is -2.04. The van der Waals surface area contributed by atoms with Crippen LogP contribution in [0.3, 0.4) is 0 Å². The molecule has 5 nitrogen and oxygen atoms in total. The van der Waals surface area contributed by atoms with Crippen molar-refractivity contribution in [2.45, 2.75) is 6.54 Å². The number of nitrogens with two attached hydrogens (primary N) is 1. The van der Waals surface area contributed by atoms with Gasteiger partial charge in [-0.1, -0.05) is 0 Å². The summed E-state index contributed by atoms with van der Waals surface area (Å²) in [5.74, 6) is 0.871. The van der Waals surface area contributed by atoms with Crippen LogP contribution in [0.25, 0.3) is 0 Å². The van der Waals surface area contributed by atoms with E-state index in [1.807, 2.05) is 0 Å². The molecule has 0 spiro atoms. The molecule has 16 heavy (non-hydrogen) atoms. The minimum absolute atomic E-state index is 0.199. The molecule has 0 radical (unpaired) electrons. The summed E-state index contributed by atoms with van der Waals surface area (Å²) in [5.41, 5.74) is 7.22. The molecule has 5 heteroatoms. The Kier molecular flexibility index (Phi) is 2.86. The largest absolute Gasteiger partial charge is 0.508 e. The van der Waals surface area contributed by atoms with Crippen molar-refractivity contribution in [2.75, 3.05) is 11.1 Å². The molecule has 0 aliphatic rings. The van der Waals surface area contributed by atoms with Gasteiger partial charge in [0.2, 0.25) is 0 Å². The molecule has 0 fully saturated rings. The number of aromatic hydroxyl groups is 1. The number of nitrogens with one attached hydrogen (secondary N) is 1. The minimum atomic E-state index is 0.199. The van der Waals surface area contributed by atoms with Crippen molar-refractivity contribution < 1.29 is 5.11 Å².